The lowest BCUT2D eigenvalue weighted by Crippen LogP contribution is -2.37. The minimum atomic E-state index is -1.11. The summed E-state index contributed by atoms with van der Waals surface area (Å²) in [4.78, 5) is 55.6. The zero-order chi connectivity index (χ0) is 40.4. The average molecular weight is 707 g/mol. The van der Waals surface area contributed by atoms with Gasteiger partial charge in [0.15, 0.2) is 0 Å². The van der Waals surface area contributed by atoms with Crippen molar-refractivity contribution < 1.29 is 100 Å². The minimum absolute atomic E-state index is 0.222. The van der Waals surface area contributed by atoms with Crippen LogP contribution in [-0.2, 0) is 28.8 Å². The van der Waals surface area contributed by atoms with E-state index >= 15 is 0 Å². The van der Waals surface area contributed by atoms with Crippen LogP contribution in [0.5, 0.6) is 0 Å². The van der Waals surface area contributed by atoms with Crippen LogP contribution in [0.1, 0.15) is 13.3 Å². The molecule has 0 saturated heterocycles. The van der Waals surface area contributed by atoms with Gasteiger partial charge < -0.3 is 71.5 Å². The van der Waals surface area contributed by atoms with Gasteiger partial charge in [-0.25, -0.2) is 24.0 Å². The molecule has 0 heterocycles. The molecule has 0 unspecified atom stereocenters. The van der Waals surface area contributed by atoms with Crippen LogP contribution >= 0.6 is 0 Å². The molecular weight excluding hydrogens is 656 g/mol. The molecule has 0 amide bonds. The standard InChI is InChI=1S/2C5H12O4.C3H6O2.5C3H4O2/c2*6-1-5(2-7,3-8)4-9;6*1-2-3(4)5/h2*6-9H,1-4H2;2H2,1H3,(H,4,5);5*2H,1H2,(H,4,5). The predicted octanol–water partition coefficient (Wildman–Crippen LogP) is -2.35. The van der Waals surface area contributed by atoms with Crippen molar-refractivity contribution in [3.05, 3.63) is 63.3 Å². The van der Waals surface area contributed by atoms with Gasteiger partial charge in [0.1, 0.15) is 0 Å². The number of carboxylic acids is 6. The lowest BCUT2D eigenvalue weighted by atomic mass is 9.93. The molecule has 0 aliphatic heterocycles. The quantitative estimate of drug-likeness (QED) is 0.0840. The van der Waals surface area contributed by atoms with E-state index in [1.165, 1.54) is 0 Å². The number of rotatable bonds is 14. The smallest absolute Gasteiger partial charge is 0.327 e. The lowest BCUT2D eigenvalue weighted by molar-refractivity contribution is -0.137. The Hall–Kier alpha value is -4.80. The largest absolute Gasteiger partial charge is 0.481 e. The van der Waals surface area contributed by atoms with E-state index in [4.69, 9.17) is 71.5 Å². The summed E-state index contributed by atoms with van der Waals surface area (Å²) in [6.07, 6.45) is 4.39. The number of aliphatic carboxylic acids is 6. The number of aliphatic hydroxyl groups excluding tert-OH is 8. The second-order valence-electron chi connectivity index (χ2n) is 7.72. The first-order chi connectivity index (χ1) is 22.1. The first-order valence-corrected chi connectivity index (χ1v) is 12.5. The predicted molar refractivity (Wildman–Crippen MR) is 169 cm³/mol. The minimum Gasteiger partial charge on any atom is -0.481 e. The monoisotopic (exact) mass is 706 g/mol. The summed E-state index contributed by atoms with van der Waals surface area (Å²) in [5, 5.41) is 114. The van der Waals surface area contributed by atoms with Crippen molar-refractivity contribution >= 4 is 35.8 Å². The van der Waals surface area contributed by atoms with Gasteiger partial charge in [0, 0.05) is 36.8 Å². The van der Waals surface area contributed by atoms with Crippen LogP contribution in [0.25, 0.3) is 0 Å². The maximum atomic E-state index is 9.37. The Morgan fingerprint density at radius 3 is 0.479 bits per heavy atom. The van der Waals surface area contributed by atoms with Crippen molar-refractivity contribution in [1.29, 1.82) is 0 Å². The zero-order valence-corrected chi connectivity index (χ0v) is 26.5. The molecule has 20 heteroatoms. The average Bonchev–Trinajstić information content (AvgIpc) is 3.09. The van der Waals surface area contributed by atoms with Gasteiger partial charge in [0.2, 0.25) is 0 Å². The van der Waals surface area contributed by atoms with Gasteiger partial charge in [0.05, 0.1) is 63.7 Å². The van der Waals surface area contributed by atoms with Crippen LogP contribution in [0.2, 0.25) is 0 Å². The highest BCUT2D eigenvalue weighted by Crippen LogP contribution is 2.12. The molecule has 0 fully saturated rings. The second-order valence-corrected chi connectivity index (χ2v) is 7.72. The Kier molecular flexibility index (Phi) is 60.3. The second kappa shape index (κ2) is 46.6. The summed E-state index contributed by atoms with van der Waals surface area (Å²) in [7, 11) is 0. The third-order valence-corrected chi connectivity index (χ3v) is 3.86. The van der Waals surface area contributed by atoms with E-state index in [1.54, 1.807) is 6.92 Å². The van der Waals surface area contributed by atoms with Gasteiger partial charge in [-0.15, -0.1) is 0 Å². The highest BCUT2D eigenvalue weighted by Gasteiger charge is 2.27. The fraction of sp³-hybridized carbons (Fsp3) is 0.429. The third kappa shape index (κ3) is 68.4. The lowest BCUT2D eigenvalue weighted by Gasteiger charge is -2.23. The van der Waals surface area contributed by atoms with Crippen molar-refractivity contribution in [1.82, 2.24) is 0 Å². The number of carbonyl (C=O) groups is 6. The Morgan fingerprint density at radius 2 is 0.479 bits per heavy atom. The topological polar surface area (TPSA) is 386 Å². The zero-order valence-electron chi connectivity index (χ0n) is 26.5. The van der Waals surface area contributed by atoms with Gasteiger partial charge in [0.25, 0.3) is 0 Å². The number of hydrogen-bond donors (Lipinski definition) is 14. The molecule has 20 nitrogen and oxygen atoms in total. The molecule has 0 rings (SSSR count). The molecule has 0 atom stereocenters. The van der Waals surface area contributed by atoms with Gasteiger partial charge in [-0.05, 0) is 0 Å². The highest BCUT2D eigenvalue weighted by atomic mass is 16.4. The molecule has 282 valence electrons. The molecule has 14 N–H and O–H groups in total. The SMILES string of the molecule is C=CC(=O)O.C=CC(=O)O.C=CC(=O)O.C=CC(=O)O.C=CC(=O)O.CCC(=O)O.OCC(CO)(CO)CO.OCC(CO)(CO)CO. The normalized spacial score (nSPS) is 8.60. The van der Waals surface area contributed by atoms with E-state index in [9.17, 15) is 28.8 Å². The fourth-order valence-corrected chi connectivity index (χ4v) is 0.600. The first kappa shape index (κ1) is 62.1. The van der Waals surface area contributed by atoms with Gasteiger partial charge in [-0.3, -0.25) is 4.79 Å². The molecule has 0 aliphatic carbocycles. The van der Waals surface area contributed by atoms with Gasteiger partial charge in [-0.2, -0.15) is 0 Å². The number of hydrogen-bond acceptors (Lipinski definition) is 14. The molecule has 0 radical (unpaired) electrons. The molecule has 0 aromatic heterocycles. The van der Waals surface area contributed by atoms with Crippen LogP contribution in [-0.4, -0.2) is 160 Å². The Labute approximate surface area is 276 Å². The molecular formula is C28H50O20. The van der Waals surface area contributed by atoms with Crippen molar-refractivity contribution in [3.63, 3.8) is 0 Å². The van der Waals surface area contributed by atoms with Crippen LogP contribution < -0.4 is 0 Å². The van der Waals surface area contributed by atoms with Crippen LogP contribution in [0.4, 0.5) is 0 Å². The Balaban J connectivity index is -0.0000000646. The van der Waals surface area contributed by atoms with Crippen LogP contribution in [0, 0.1) is 10.8 Å². The summed E-state index contributed by atoms with van der Waals surface area (Å²) in [6.45, 7) is 13.2. The van der Waals surface area contributed by atoms with E-state index in [0.29, 0.717) is 0 Å². The summed E-state index contributed by atoms with van der Waals surface area (Å²) in [6, 6.07) is 0. The van der Waals surface area contributed by atoms with Crippen LogP contribution in [0.3, 0.4) is 0 Å². The fourth-order valence-electron chi connectivity index (χ4n) is 0.600. The maximum Gasteiger partial charge on any atom is 0.327 e. The van der Waals surface area contributed by atoms with Gasteiger partial charge >= 0.3 is 35.8 Å². The molecule has 0 bridgehead atoms. The molecule has 0 aromatic carbocycles. The summed E-state index contributed by atoms with van der Waals surface area (Å²) in [5.41, 5.74) is -2.22. The first-order valence-electron chi connectivity index (χ1n) is 12.5. The molecule has 0 aromatic rings. The summed E-state index contributed by atoms with van der Waals surface area (Å²) < 4.78 is 0. The summed E-state index contributed by atoms with van der Waals surface area (Å²) in [5.74, 6) is -5.65. The molecule has 0 aliphatic rings. The van der Waals surface area contributed by atoms with E-state index in [2.05, 4.69) is 32.9 Å². The van der Waals surface area contributed by atoms with E-state index in [0.717, 1.165) is 30.4 Å². The summed E-state index contributed by atoms with van der Waals surface area (Å²) >= 11 is 0. The Bertz CT molecular complexity index is 730. The van der Waals surface area contributed by atoms with Crippen LogP contribution in [0.15, 0.2) is 63.3 Å². The van der Waals surface area contributed by atoms with Gasteiger partial charge in [-0.1, -0.05) is 39.8 Å². The van der Waals surface area contributed by atoms with E-state index in [-0.39, 0.29) is 6.42 Å². The molecule has 48 heavy (non-hydrogen) atoms. The molecule has 0 saturated carbocycles. The van der Waals surface area contributed by atoms with Crippen molar-refractivity contribution in [2.45, 2.75) is 13.3 Å². The molecule has 0 spiro atoms. The Morgan fingerprint density at radius 1 is 0.396 bits per heavy atom. The van der Waals surface area contributed by atoms with E-state index < -0.39 is 99.5 Å². The van der Waals surface area contributed by atoms with E-state index in [1.807, 2.05) is 0 Å². The number of carboxylic acid groups (broad SMARTS) is 6. The number of aliphatic hydroxyl groups is 8. The van der Waals surface area contributed by atoms with Crippen molar-refractivity contribution in [2.24, 2.45) is 10.8 Å². The maximum absolute atomic E-state index is 9.37. The third-order valence-electron chi connectivity index (χ3n) is 3.86. The highest BCUT2D eigenvalue weighted by molar-refractivity contribution is 5.80. The van der Waals surface area contributed by atoms with Crippen molar-refractivity contribution in [3.8, 4) is 0 Å². The van der Waals surface area contributed by atoms with Crippen molar-refractivity contribution in [2.75, 3.05) is 52.9 Å².